The van der Waals surface area contributed by atoms with Gasteiger partial charge < -0.3 is 14.5 Å². The highest BCUT2D eigenvalue weighted by atomic mass is 16.5. The lowest BCUT2D eigenvalue weighted by Gasteiger charge is -2.40. The summed E-state index contributed by atoms with van der Waals surface area (Å²) in [6.07, 6.45) is 4.26. The van der Waals surface area contributed by atoms with E-state index in [1.165, 1.54) is 5.56 Å². The number of carbonyl (C=O) groups is 2. The van der Waals surface area contributed by atoms with E-state index < -0.39 is 0 Å². The molecule has 2 atom stereocenters. The minimum absolute atomic E-state index is 0.00241. The highest BCUT2D eigenvalue weighted by Crippen LogP contribution is 2.28. The summed E-state index contributed by atoms with van der Waals surface area (Å²) < 4.78 is 5.62. The molecule has 7 nitrogen and oxygen atoms in total. The molecule has 0 bridgehead atoms. The molecule has 0 saturated carbocycles. The van der Waals surface area contributed by atoms with Gasteiger partial charge in [0, 0.05) is 51.7 Å². The third kappa shape index (κ3) is 4.88. The molecule has 0 unspecified atom stereocenters. The van der Waals surface area contributed by atoms with Crippen molar-refractivity contribution in [2.45, 2.75) is 32.5 Å². The van der Waals surface area contributed by atoms with E-state index in [2.05, 4.69) is 22.0 Å². The van der Waals surface area contributed by atoms with Gasteiger partial charge in [-0.15, -0.1) is 0 Å². The van der Waals surface area contributed by atoms with Crippen LogP contribution in [0.5, 0.6) is 5.75 Å². The number of likely N-dealkylation sites (N-methyl/N-ethyl adjacent to an activating group) is 1. The summed E-state index contributed by atoms with van der Waals surface area (Å²) in [4.78, 5) is 36.2. The quantitative estimate of drug-likeness (QED) is 0.714. The van der Waals surface area contributed by atoms with E-state index in [4.69, 9.17) is 4.74 Å². The number of ether oxygens (including phenoxy) is 1. The monoisotopic (exact) mass is 422 g/mol. The van der Waals surface area contributed by atoms with Gasteiger partial charge in [0.15, 0.2) is 0 Å². The summed E-state index contributed by atoms with van der Waals surface area (Å²) in [5.41, 5.74) is 2.10. The number of aromatic nitrogens is 1. The lowest BCUT2D eigenvalue weighted by molar-refractivity contribution is -0.138. The van der Waals surface area contributed by atoms with Crippen LogP contribution in [0.1, 0.15) is 24.5 Å². The summed E-state index contributed by atoms with van der Waals surface area (Å²) in [6, 6.07) is 11.9. The Morgan fingerprint density at radius 2 is 1.97 bits per heavy atom. The second-order valence-corrected chi connectivity index (χ2v) is 8.34. The second kappa shape index (κ2) is 9.47. The van der Waals surface area contributed by atoms with Gasteiger partial charge in [-0.2, -0.15) is 0 Å². The lowest BCUT2D eigenvalue weighted by atomic mass is 9.90. The van der Waals surface area contributed by atoms with Crippen LogP contribution in [0.25, 0.3) is 0 Å². The Morgan fingerprint density at radius 1 is 1.13 bits per heavy atom. The molecule has 0 N–H and O–H groups in total. The van der Waals surface area contributed by atoms with Crippen LogP contribution in [-0.4, -0.2) is 70.8 Å². The average molecular weight is 423 g/mol. The van der Waals surface area contributed by atoms with Crippen LogP contribution < -0.4 is 4.74 Å². The largest absolute Gasteiger partial charge is 0.494 e. The fourth-order valence-electron chi connectivity index (χ4n) is 4.63. The highest BCUT2D eigenvalue weighted by Gasteiger charge is 2.43. The van der Waals surface area contributed by atoms with Gasteiger partial charge in [-0.3, -0.25) is 19.5 Å². The molecule has 31 heavy (non-hydrogen) atoms. The topological polar surface area (TPSA) is 66.0 Å². The van der Waals surface area contributed by atoms with E-state index in [1.807, 2.05) is 38.2 Å². The zero-order valence-electron chi connectivity index (χ0n) is 18.2. The predicted molar refractivity (Wildman–Crippen MR) is 117 cm³/mol. The van der Waals surface area contributed by atoms with Gasteiger partial charge in [0.1, 0.15) is 12.3 Å². The molecule has 4 rings (SSSR count). The van der Waals surface area contributed by atoms with Crippen LogP contribution in [0.3, 0.4) is 0 Å². The number of likely N-dealkylation sites (tertiary alicyclic amines) is 1. The predicted octanol–water partition coefficient (Wildman–Crippen LogP) is 2.17. The van der Waals surface area contributed by atoms with Crippen molar-refractivity contribution >= 4 is 11.8 Å². The third-order valence-corrected chi connectivity index (χ3v) is 6.22. The van der Waals surface area contributed by atoms with Crippen LogP contribution in [0, 0.1) is 5.92 Å². The van der Waals surface area contributed by atoms with Gasteiger partial charge in [-0.1, -0.05) is 18.2 Å². The van der Waals surface area contributed by atoms with Crippen molar-refractivity contribution in [1.29, 1.82) is 0 Å². The smallest absolute Gasteiger partial charge is 0.242 e. The molecular formula is C24H30N4O3. The zero-order chi connectivity index (χ0) is 21.8. The van der Waals surface area contributed by atoms with Gasteiger partial charge in [0.2, 0.25) is 11.8 Å². The Kier molecular flexibility index (Phi) is 6.51. The van der Waals surface area contributed by atoms with Crippen molar-refractivity contribution in [1.82, 2.24) is 19.7 Å². The fraction of sp³-hybridized carbons (Fsp3) is 0.458. The van der Waals surface area contributed by atoms with Gasteiger partial charge in [0.05, 0.1) is 12.5 Å². The lowest BCUT2D eigenvalue weighted by Crippen LogP contribution is -2.53. The van der Waals surface area contributed by atoms with Gasteiger partial charge in [0.25, 0.3) is 0 Å². The van der Waals surface area contributed by atoms with Gasteiger partial charge in [-0.25, -0.2) is 0 Å². The molecule has 2 saturated heterocycles. The number of fused-ring (bicyclic) bond motifs is 1. The highest BCUT2D eigenvalue weighted by molar-refractivity contribution is 5.89. The molecule has 1 aromatic carbocycles. The average Bonchev–Trinajstić information content (AvgIpc) is 2.86. The number of carbonyl (C=O) groups excluding carboxylic acids is 2. The summed E-state index contributed by atoms with van der Waals surface area (Å²) in [5.74, 6) is 0.701. The van der Waals surface area contributed by atoms with E-state index in [0.29, 0.717) is 19.7 Å². The van der Waals surface area contributed by atoms with E-state index in [-0.39, 0.29) is 30.3 Å². The molecule has 1 aromatic heterocycles. The molecule has 2 aromatic rings. The second-order valence-electron chi connectivity index (χ2n) is 8.34. The normalized spacial score (nSPS) is 22.3. The Bertz CT molecular complexity index is 920. The van der Waals surface area contributed by atoms with Crippen molar-refractivity contribution < 1.29 is 14.3 Å². The first kappa shape index (κ1) is 21.3. The van der Waals surface area contributed by atoms with Crippen LogP contribution in [0.2, 0.25) is 0 Å². The number of benzene rings is 1. The molecule has 0 spiro atoms. The Hall–Kier alpha value is -2.93. The number of pyridine rings is 1. The summed E-state index contributed by atoms with van der Waals surface area (Å²) in [6.45, 7) is 5.40. The Labute approximate surface area is 183 Å². The third-order valence-electron chi connectivity index (χ3n) is 6.22. The molecule has 3 heterocycles. The van der Waals surface area contributed by atoms with Crippen molar-refractivity contribution in [2.75, 3.05) is 33.3 Å². The first-order valence-corrected chi connectivity index (χ1v) is 10.9. The summed E-state index contributed by atoms with van der Waals surface area (Å²) in [5, 5.41) is 0. The fourth-order valence-corrected chi connectivity index (χ4v) is 4.63. The van der Waals surface area contributed by atoms with Gasteiger partial charge in [-0.05, 0) is 42.7 Å². The van der Waals surface area contributed by atoms with Crippen LogP contribution in [0.15, 0.2) is 48.8 Å². The number of nitrogens with zero attached hydrogens (tertiary/aromatic N) is 4. The molecule has 2 aliphatic rings. The maximum Gasteiger partial charge on any atom is 0.242 e. The van der Waals surface area contributed by atoms with Gasteiger partial charge >= 0.3 is 0 Å². The first-order valence-electron chi connectivity index (χ1n) is 10.9. The van der Waals surface area contributed by atoms with E-state index in [0.717, 1.165) is 30.8 Å². The molecule has 0 radical (unpaired) electrons. The van der Waals surface area contributed by atoms with E-state index in [1.54, 1.807) is 22.2 Å². The molecule has 7 heteroatoms. The van der Waals surface area contributed by atoms with Crippen LogP contribution in [0.4, 0.5) is 0 Å². The number of hydrogen-bond donors (Lipinski definition) is 0. The maximum atomic E-state index is 13.5. The van der Waals surface area contributed by atoms with Crippen molar-refractivity contribution in [2.24, 2.45) is 5.92 Å². The molecule has 2 amide bonds. The first-order chi connectivity index (χ1) is 15.0. The molecule has 2 fully saturated rings. The standard InChI is InChI=1S/C24H30N4O3/c1-3-31-20-8-4-6-18(12-20)14-27-11-9-22-21(16-27)24(30)28(17-23(29)26(22)2)15-19-7-5-10-25-13-19/h4-8,10,12-13,21-22H,3,9,11,14-17H2,1-2H3/t21-,22+/m0/s1. The number of hydrogen-bond acceptors (Lipinski definition) is 5. The number of amides is 2. The zero-order valence-corrected chi connectivity index (χ0v) is 18.2. The number of rotatable bonds is 6. The molecule has 0 aliphatic carbocycles. The Morgan fingerprint density at radius 3 is 2.74 bits per heavy atom. The molecule has 2 aliphatic heterocycles. The summed E-state index contributed by atoms with van der Waals surface area (Å²) >= 11 is 0. The van der Waals surface area contributed by atoms with Crippen molar-refractivity contribution in [3.8, 4) is 5.75 Å². The maximum absolute atomic E-state index is 13.5. The van der Waals surface area contributed by atoms with Crippen molar-refractivity contribution in [3.05, 3.63) is 59.9 Å². The number of piperidine rings is 1. The minimum atomic E-state index is -0.225. The Balaban J connectivity index is 1.50. The molecular weight excluding hydrogens is 392 g/mol. The van der Waals surface area contributed by atoms with E-state index in [9.17, 15) is 9.59 Å². The molecule has 164 valence electrons. The van der Waals surface area contributed by atoms with Crippen LogP contribution in [-0.2, 0) is 22.7 Å². The SMILES string of the molecule is CCOc1cccc(CN2CC[C@@H]3[C@H](C2)C(=O)N(Cc2cccnc2)CC(=O)N3C)c1. The summed E-state index contributed by atoms with van der Waals surface area (Å²) in [7, 11) is 1.84. The van der Waals surface area contributed by atoms with Crippen LogP contribution >= 0.6 is 0 Å². The minimum Gasteiger partial charge on any atom is -0.494 e. The van der Waals surface area contributed by atoms with E-state index >= 15 is 0 Å². The van der Waals surface area contributed by atoms with Crippen molar-refractivity contribution in [3.63, 3.8) is 0 Å².